The molecule has 22 heavy (non-hydrogen) atoms. The number of rotatable bonds is 6. The number of carbonyl (C=O) groups is 2. The van der Waals surface area contributed by atoms with Crippen LogP contribution in [0.3, 0.4) is 0 Å². The Hall–Kier alpha value is -1.82. The smallest absolute Gasteiger partial charge is 0.242 e. The lowest BCUT2D eigenvalue weighted by atomic mass is 9.88. The highest BCUT2D eigenvalue weighted by Gasteiger charge is 2.25. The van der Waals surface area contributed by atoms with Gasteiger partial charge >= 0.3 is 0 Å². The van der Waals surface area contributed by atoms with E-state index in [1.54, 1.807) is 19.1 Å². The number of aliphatic hydroxyl groups excluding tert-OH is 1. The lowest BCUT2D eigenvalue weighted by Crippen LogP contribution is -2.48. The van der Waals surface area contributed by atoms with E-state index >= 15 is 0 Å². The van der Waals surface area contributed by atoms with Crippen molar-refractivity contribution in [2.24, 2.45) is 5.92 Å². The molecule has 0 aliphatic heterocycles. The van der Waals surface area contributed by atoms with Crippen LogP contribution in [0.15, 0.2) is 22.8 Å². The third kappa shape index (κ3) is 4.34. The second-order valence-electron chi connectivity index (χ2n) is 5.82. The number of aliphatic hydroxyl groups is 1. The first-order valence-corrected chi connectivity index (χ1v) is 7.87. The van der Waals surface area contributed by atoms with Gasteiger partial charge in [0, 0.05) is 5.92 Å². The van der Waals surface area contributed by atoms with Crippen LogP contribution in [0.5, 0.6) is 0 Å². The van der Waals surface area contributed by atoms with Crippen LogP contribution in [0, 0.1) is 5.92 Å². The van der Waals surface area contributed by atoms with Gasteiger partial charge in [0.05, 0.1) is 12.9 Å². The molecule has 1 saturated carbocycles. The first-order valence-electron chi connectivity index (χ1n) is 7.87. The molecule has 1 aliphatic rings. The second kappa shape index (κ2) is 7.98. The van der Waals surface area contributed by atoms with Crippen LogP contribution in [0.4, 0.5) is 0 Å². The van der Waals surface area contributed by atoms with Crippen molar-refractivity contribution < 1.29 is 19.1 Å². The van der Waals surface area contributed by atoms with Gasteiger partial charge in [-0.2, -0.15) is 0 Å². The summed E-state index contributed by atoms with van der Waals surface area (Å²) < 4.78 is 5.18. The van der Waals surface area contributed by atoms with E-state index in [2.05, 4.69) is 10.6 Å². The van der Waals surface area contributed by atoms with Crippen molar-refractivity contribution in [3.63, 3.8) is 0 Å². The minimum absolute atomic E-state index is 0.0164. The van der Waals surface area contributed by atoms with Gasteiger partial charge < -0.3 is 20.2 Å². The Morgan fingerprint density at radius 3 is 2.64 bits per heavy atom. The molecule has 1 heterocycles. The SMILES string of the molecule is CC(NC(=O)C1CCCCC1)C(=O)NC(CO)c1ccco1. The number of nitrogens with one attached hydrogen (secondary N) is 2. The van der Waals surface area contributed by atoms with E-state index in [9.17, 15) is 14.7 Å². The van der Waals surface area contributed by atoms with Gasteiger partial charge in [0.1, 0.15) is 17.8 Å². The molecule has 0 radical (unpaired) electrons. The molecular formula is C16H24N2O4. The average molecular weight is 308 g/mol. The summed E-state index contributed by atoms with van der Waals surface area (Å²) in [4.78, 5) is 24.3. The van der Waals surface area contributed by atoms with Crippen molar-refractivity contribution in [1.82, 2.24) is 10.6 Å². The second-order valence-corrected chi connectivity index (χ2v) is 5.82. The summed E-state index contributed by atoms with van der Waals surface area (Å²) in [7, 11) is 0. The summed E-state index contributed by atoms with van der Waals surface area (Å²) >= 11 is 0. The maximum atomic E-state index is 12.1. The summed E-state index contributed by atoms with van der Waals surface area (Å²) in [5, 5.41) is 14.8. The summed E-state index contributed by atoms with van der Waals surface area (Å²) in [6, 6.07) is 2.14. The van der Waals surface area contributed by atoms with Crippen molar-refractivity contribution in [2.75, 3.05) is 6.61 Å². The van der Waals surface area contributed by atoms with Crippen molar-refractivity contribution in [3.8, 4) is 0 Å². The van der Waals surface area contributed by atoms with Gasteiger partial charge in [-0.1, -0.05) is 19.3 Å². The van der Waals surface area contributed by atoms with Crippen LogP contribution < -0.4 is 10.6 Å². The van der Waals surface area contributed by atoms with E-state index in [1.165, 1.54) is 12.7 Å². The van der Waals surface area contributed by atoms with Crippen molar-refractivity contribution in [1.29, 1.82) is 0 Å². The molecule has 1 aliphatic carbocycles. The topological polar surface area (TPSA) is 91.6 Å². The molecule has 2 amide bonds. The predicted molar refractivity (Wildman–Crippen MR) is 80.9 cm³/mol. The minimum atomic E-state index is -0.640. The molecule has 0 spiro atoms. The van der Waals surface area contributed by atoms with E-state index in [0.717, 1.165) is 25.7 Å². The van der Waals surface area contributed by atoms with Crippen molar-refractivity contribution in [3.05, 3.63) is 24.2 Å². The molecule has 6 heteroatoms. The fraction of sp³-hybridized carbons (Fsp3) is 0.625. The number of hydrogen-bond acceptors (Lipinski definition) is 4. The highest BCUT2D eigenvalue weighted by atomic mass is 16.3. The summed E-state index contributed by atoms with van der Waals surface area (Å²) in [5.41, 5.74) is 0. The predicted octanol–water partition coefficient (Wildman–Crippen LogP) is 1.51. The highest BCUT2D eigenvalue weighted by Crippen LogP contribution is 2.23. The molecular weight excluding hydrogens is 284 g/mol. The number of furan rings is 1. The van der Waals surface area contributed by atoms with E-state index in [-0.39, 0.29) is 24.3 Å². The fourth-order valence-corrected chi connectivity index (χ4v) is 2.75. The van der Waals surface area contributed by atoms with Crippen molar-refractivity contribution in [2.45, 2.75) is 51.1 Å². The van der Waals surface area contributed by atoms with Gasteiger partial charge in [0.2, 0.25) is 11.8 Å². The van der Waals surface area contributed by atoms with Crippen LogP contribution in [-0.2, 0) is 9.59 Å². The molecule has 2 unspecified atom stereocenters. The molecule has 0 aromatic carbocycles. The molecule has 122 valence electrons. The van der Waals surface area contributed by atoms with Crippen LogP contribution in [0.1, 0.15) is 50.8 Å². The van der Waals surface area contributed by atoms with Gasteiger partial charge in [0.15, 0.2) is 0 Å². The Balaban J connectivity index is 1.84. The Labute approximate surface area is 130 Å². The van der Waals surface area contributed by atoms with E-state index in [1.807, 2.05) is 0 Å². The Kier molecular flexibility index (Phi) is 6.00. The molecule has 2 atom stereocenters. The zero-order chi connectivity index (χ0) is 15.9. The summed E-state index contributed by atoms with van der Waals surface area (Å²) in [6.45, 7) is 1.38. The largest absolute Gasteiger partial charge is 0.467 e. The summed E-state index contributed by atoms with van der Waals surface area (Å²) in [6.07, 6.45) is 6.60. The third-order valence-corrected chi connectivity index (χ3v) is 4.11. The van der Waals surface area contributed by atoms with Gasteiger partial charge in [-0.15, -0.1) is 0 Å². The maximum Gasteiger partial charge on any atom is 0.242 e. The number of hydrogen-bond donors (Lipinski definition) is 3. The van der Waals surface area contributed by atoms with Crippen LogP contribution in [0.2, 0.25) is 0 Å². The monoisotopic (exact) mass is 308 g/mol. The molecule has 0 bridgehead atoms. The normalized spacial score (nSPS) is 18.5. The Morgan fingerprint density at radius 1 is 1.32 bits per heavy atom. The zero-order valence-corrected chi connectivity index (χ0v) is 12.9. The third-order valence-electron chi connectivity index (χ3n) is 4.11. The van der Waals surface area contributed by atoms with Crippen LogP contribution in [0.25, 0.3) is 0 Å². The zero-order valence-electron chi connectivity index (χ0n) is 12.9. The number of carbonyl (C=O) groups excluding carboxylic acids is 2. The molecule has 3 N–H and O–H groups in total. The quantitative estimate of drug-likeness (QED) is 0.743. The lowest BCUT2D eigenvalue weighted by Gasteiger charge is -2.23. The molecule has 1 fully saturated rings. The van der Waals surface area contributed by atoms with Crippen LogP contribution >= 0.6 is 0 Å². The number of amides is 2. The first kappa shape index (κ1) is 16.5. The molecule has 0 saturated heterocycles. The van der Waals surface area contributed by atoms with Gasteiger partial charge in [-0.25, -0.2) is 0 Å². The molecule has 2 rings (SSSR count). The minimum Gasteiger partial charge on any atom is -0.467 e. The Bertz CT molecular complexity index is 480. The van der Waals surface area contributed by atoms with Crippen molar-refractivity contribution >= 4 is 11.8 Å². The van der Waals surface area contributed by atoms with Gasteiger partial charge in [-0.05, 0) is 31.9 Å². The van der Waals surface area contributed by atoms with Gasteiger partial charge in [-0.3, -0.25) is 9.59 Å². The van der Waals surface area contributed by atoms with Crippen LogP contribution in [-0.4, -0.2) is 29.6 Å². The van der Waals surface area contributed by atoms with Gasteiger partial charge in [0.25, 0.3) is 0 Å². The fourth-order valence-electron chi connectivity index (χ4n) is 2.75. The van der Waals surface area contributed by atoms with E-state index in [4.69, 9.17) is 4.42 Å². The molecule has 6 nitrogen and oxygen atoms in total. The first-order chi connectivity index (χ1) is 10.6. The Morgan fingerprint density at radius 2 is 2.05 bits per heavy atom. The standard InChI is InChI=1S/C16H24N2O4/c1-11(17-16(21)12-6-3-2-4-7-12)15(20)18-13(10-19)14-8-5-9-22-14/h5,8-9,11-13,19H,2-4,6-7,10H2,1H3,(H,17,21)(H,18,20). The molecule has 1 aromatic heterocycles. The maximum absolute atomic E-state index is 12.1. The van der Waals surface area contributed by atoms with E-state index in [0.29, 0.717) is 5.76 Å². The van der Waals surface area contributed by atoms with E-state index < -0.39 is 12.1 Å². The summed E-state index contributed by atoms with van der Waals surface area (Å²) in [5.74, 6) is 0.116. The molecule has 1 aromatic rings. The highest BCUT2D eigenvalue weighted by molar-refractivity contribution is 5.88. The average Bonchev–Trinajstić information content (AvgIpc) is 3.07. The lowest BCUT2D eigenvalue weighted by molar-refractivity contribution is -0.131.